The first-order valence-corrected chi connectivity index (χ1v) is 7.62. The molecule has 0 aliphatic rings. The minimum Gasteiger partial charge on any atom is -0.395 e. The molecule has 0 atom stereocenters. The first-order valence-electron chi connectivity index (χ1n) is 7.62. The average Bonchev–Trinajstić information content (AvgIpc) is 2.94. The molecule has 0 radical (unpaired) electrons. The summed E-state index contributed by atoms with van der Waals surface area (Å²) >= 11 is 0. The Labute approximate surface area is 134 Å². The van der Waals surface area contributed by atoms with Crippen molar-refractivity contribution < 1.29 is 10.2 Å². The third-order valence-electron chi connectivity index (χ3n) is 3.67. The highest BCUT2D eigenvalue weighted by molar-refractivity contribution is 5.90. The smallest absolute Gasteiger partial charge is 0.163 e. The number of nitrogens with one attached hydrogen (secondary N) is 1. The van der Waals surface area contributed by atoms with Crippen molar-refractivity contribution >= 4 is 16.9 Å². The summed E-state index contributed by atoms with van der Waals surface area (Å²) < 4.78 is 0. The van der Waals surface area contributed by atoms with Crippen LogP contribution < -0.4 is 4.90 Å². The van der Waals surface area contributed by atoms with Gasteiger partial charge in [-0.1, -0.05) is 30.3 Å². The summed E-state index contributed by atoms with van der Waals surface area (Å²) in [6.07, 6.45) is 0. The van der Waals surface area contributed by atoms with Crippen molar-refractivity contribution in [2.45, 2.75) is 6.92 Å². The summed E-state index contributed by atoms with van der Waals surface area (Å²) in [7, 11) is 0. The van der Waals surface area contributed by atoms with E-state index in [0.29, 0.717) is 18.9 Å². The van der Waals surface area contributed by atoms with Gasteiger partial charge in [0.1, 0.15) is 11.5 Å². The number of H-pyrrole nitrogens is 1. The normalized spacial score (nSPS) is 11.1. The fourth-order valence-electron chi connectivity index (χ4n) is 2.65. The fraction of sp³-hybridized carbons (Fsp3) is 0.294. The molecule has 2 heterocycles. The van der Waals surface area contributed by atoms with Crippen molar-refractivity contribution in [3.8, 4) is 11.4 Å². The summed E-state index contributed by atoms with van der Waals surface area (Å²) in [5.41, 5.74) is 2.68. The maximum Gasteiger partial charge on any atom is 0.163 e. The summed E-state index contributed by atoms with van der Waals surface area (Å²) in [6.45, 7) is 2.78. The Morgan fingerprint density at radius 2 is 1.74 bits per heavy atom. The molecule has 0 unspecified atom stereocenters. The Morgan fingerprint density at radius 1 is 1.04 bits per heavy atom. The van der Waals surface area contributed by atoms with E-state index < -0.39 is 0 Å². The van der Waals surface area contributed by atoms with E-state index in [9.17, 15) is 10.2 Å². The quantitative estimate of drug-likeness (QED) is 0.645. The number of aromatic nitrogens is 3. The molecule has 0 amide bonds. The van der Waals surface area contributed by atoms with Gasteiger partial charge in [0, 0.05) is 24.3 Å². The van der Waals surface area contributed by atoms with E-state index in [1.165, 1.54) is 0 Å². The van der Waals surface area contributed by atoms with E-state index in [2.05, 4.69) is 9.97 Å². The van der Waals surface area contributed by atoms with E-state index in [1.807, 2.05) is 48.2 Å². The first-order chi connectivity index (χ1) is 11.2. The predicted molar refractivity (Wildman–Crippen MR) is 90.4 cm³/mol. The molecule has 3 aromatic rings. The fourth-order valence-corrected chi connectivity index (χ4v) is 2.65. The van der Waals surface area contributed by atoms with Crippen LogP contribution in [-0.4, -0.2) is 51.5 Å². The number of aryl methyl sites for hydroxylation is 1. The molecule has 0 saturated heterocycles. The Morgan fingerprint density at radius 3 is 2.39 bits per heavy atom. The summed E-state index contributed by atoms with van der Waals surface area (Å²) in [5.74, 6) is 1.34. The third kappa shape index (κ3) is 3.18. The number of aromatic amines is 1. The van der Waals surface area contributed by atoms with Crippen LogP contribution in [-0.2, 0) is 0 Å². The molecule has 0 spiro atoms. The Kier molecular flexibility index (Phi) is 4.55. The average molecular weight is 312 g/mol. The number of benzene rings is 1. The van der Waals surface area contributed by atoms with Crippen LogP contribution in [0.2, 0.25) is 0 Å². The lowest BCUT2D eigenvalue weighted by Gasteiger charge is -2.22. The maximum atomic E-state index is 9.31. The van der Waals surface area contributed by atoms with Crippen LogP contribution >= 0.6 is 0 Å². The van der Waals surface area contributed by atoms with Crippen molar-refractivity contribution in [3.63, 3.8) is 0 Å². The van der Waals surface area contributed by atoms with E-state index in [4.69, 9.17) is 4.98 Å². The molecule has 0 aliphatic heterocycles. The highest BCUT2D eigenvalue weighted by Crippen LogP contribution is 2.28. The minimum absolute atomic E-state index is 0.00439. The highest BCUT2D eigenvalue weighted by atomic mass is 16.3. The van der Waals surface area contributed by atoms with Gasteiger partial charge in [-0.25, -0.2) is 9.97 Å². The van der Waals surface area contributed by atoms with Gasteiger partial charge in [-0.3, -0.25) is 0 Å². The van der Waals surface area contributed by atoms with Crippen LogP contribution in [0.5, 0.6) is 0 Å². The van der Waals surface area contributed by atoms with Gasteiger partial charge in [-0.2, -0.15) is 0 Å². The van der Waals surface area contributed by atoms with Gasteiger partial charge in [0.25, 0.3) is 0 Å². The zero-order valence-corrected chi connectivity index (χ0v) is 13.0. The molecule has 0 aliphatic carbocycles. The maximum absolute atomic E-state index is 9.31. The molecule has 0 fully saturated rings. The second-order valence-electron chi connectivity index (χ2n) is 5.39. The zero-order chi connectivity index (χ0) is 16.2. The van der Waals surface area contributed by atoms with Crippen molar-refractivity contribution in [1.82, 2.24) is 15.0 Å². The second-order valence-corrected chi connectivity index (χ2v) is 5.39. The molecule has 6 nitrogen and oxygen atoms in total. The van der Waals surface area contributed by atoms with E-state index in [0.717, 1.165) is 28.1 Å². The van der Waals surface area contributed by atoms with Crippen LogP contribution in [0.4, 0.5) is 5.82 Å². The standard InChI is InChI=1S/C17H20N4O2/c1-12-11-14-16(18-12)19-15(13-5-3-2-4-6-13)20-17(14)21(7-9-22)8-10-23/h2-6,11,22-23H,7-10H2,1H3,(H,18,19,20). The predicted octanol–water partition coefficient (Wildman–Crippen LogP) is 1.72. The van der Waals surface area contributed by atoms with Crippen molar-refractivity contribution in [1.29, 1.82) is 0 Å². The number of hydrogen-bond donors (Lipinski definition) is 3. The molecule has 0 saturated carbocycles. The van der Waals surface area contributed by atoms with Gasteiger partial charge in [0.2, 0.25) is 0 Å². The first kappa shape index (κ1) is 15.5. The lowest BCUT2D eigenvalue weighted by Crippen LogP contribution is -2.30. The molecular formula is C17H20N4O2. The summed E-state index contributed by atoms with van der Waals surface area (Å²) in [5, 5.41) is 19.5. The molecule has 1 aromatic carbocycles. The number of nitrogens with zero attached hydrogens (tertiary/aromatic N) is 3. The Hall–Kier alpha value is -2.44. The molecule has 3 rings (SSSR count). The van der Waals surface area contributed by atoms with Crippen LogP contribution in [0.15, 0.2) is 36.4 Å². The number of rotatable bonds is 6. The van der Waals surface area contributed by atoms with E-state index in [-0.39, 0.29) is 13.2 Å². The van der Waals surface area contributed by atoms with Crippen LogP contribution in [0.3, 0.4) is 0 Å². The SMILES string of the molecule is Cc1cc2c(N(CCO)CCO)nc(-c3ccccc3)nc2[nH]1. The largest absolute Gasteiger partial charge is 0.395 e. The number of hydrogen-bond acceptors (Lipinski definition) is 5. The van der Waals surface area contributed by atoms with Gasteiger partial charge in [0.15, 0.2) is 5.82 Å². The van der Waals surface area contributed by atoms with Crippen molar-refractivity contribution in [3.05, 3.63) is 42.1 Å². The van der Waals surface area contributed by atoms with Gasteiger partial charge in [-0.05, 0) is 13.0 Å². The molecular weight excluding hydrogens is 292 g/mol. The molecule has 2 aromatic heterocycles. The molecule has 3 N–H and O–H groups in total. The van der Waals surface area contributed by atoms with Crippen molar-refractivity contribution in [2.75, 3.05) is 31.2 Å². The van der Waals surface area contributed by atoms with Gasteiger partial charge in [-0.15, -0.1) is 0 Å². The number of anilines is 1. The van der Waals surface area contributed by atoms with Crippen LogP contribution in [0, 0.1) is 6.92 Å². The molecule has 6 heteroatoms. The van der Waals surface area contributed by atoms with Gasteiger partial charge >= 0.3 is 0 Å². The number of fused-ring (bicyclic) bond motifs is 1. The lowest BCUT2D eigenvalue weighted by molar-refractivity contribution is 0.281. The second kappa shape index (κ2) is 6.76. The number of aliphatic hydroxyl groups excluding tert-OH is 2. The monoisotopic (exact) mass is 312 g/mol. The van der Waals surface area contributed by atoms with Gasteiger partial charge < -0.3 is 20.1 Å². The number of aliphatic hydroxyl groups is 2. The van der Waals surface area contributed by atoms with Crippen LogP contribution in [0.25, 0.3) is 22.4 Å². The highest BCUT2D eigenvalue weighted by Gasteiger charge is 2.16. The molecule has 0 bridgehead atoms. The third-order valence-corrected chi connectivity index (χ3v) is 3.67. The van der Waals surface area contributed by atoms with Gasteiger partial charge in [0.05, 0.1) is 18.6 Å². The molecule has 120 valence electrons. The lowest BCUT2D eigenvalue weighted by atomic mass is 10.2. The van der Waals surface area contributed by atoms with E-state index in [1.54, 1.807) is 0 Å². The minimum atomic E-state index is -0.00439. The summed E-state index contributed by atoms with van der Waals surface area (Å²) in [6, 6.07) is 11.8. The molecule has 23 heavy (non-hydrogen) atoms. The van der Waals surface area contributed by atoms with Crippen molar-refractivity contribution in [2.24, 2.45) is 0 Å². The Bertz CT molecular complexity index is 780. The Balaban J connectivity index is 2.17. The topological polar surface area (TPSA) is 85.3 Å². The summed E-state index contributed by atoms with van der Waals surface area (Å²) in [4.78, 5) is 14.4. The van der Waals surface area contributed by atoms with Crippen LogP contribution in [0.1, 0.15) is 5.69 Å². The zero-order valence-electron chi connectivity index (χ0n) is 13.0. The van der Waals surface area contributed by atoms with E-state index >= 15 is 0 Å².